The molecule has 1 atom stereocenters. The van der Waals surface area contributed by atoms with Crippen LogP contribution in [-0.2, 0) is 4.79 Å². The highest BCUT2D eigenvalue weighted by Gasteiger charge is 2.31. The zero-order valence-corrected chi connectivity index (χ0v) is 17.9. The van der Waals surface area contributed by atoms with Crippen LogP contribution in [0.1, 0.15) is 43.5 Å². The van der Waals surface area contributed by atoms with E-state index >= 15 is 0 Å². The van der Waals surface area contributed by atoms with E-state index in [0.29, 0.717) is 16.5 Å². The first-order chi connectivity index (χ1) is 12.4. The van der Waals surface area contributed by atoms with E-state index in [4.69, 9.17) is 11.6 Å². The predicted octanol–water partition coefficient (Wildman–Crippen LogP) is 3.36. The molecule has 1 saturated heterocycles. The molecule has 0 spiro atoms. The topological polar surface area (TPSA) is 61.4 Å². The number of hydrogen-bond donors (Lipinski definition) is 2. The molecule has 2 rings (SSSR count). The molecule has 0 bridgehead atoms. The Labute approximate surface area is 173 Å². The second-order valence-corrected chi connectivity index (χ2v) is 7.74. The van der Waals surface area contributed by atoms with Gasteiger partial charge in [-0.1, -0.05) is 37.6 Å². The van der Waals surface area contributed by atoms with Gasteiger partial charge in [-0.15, -0.1) is 12.4 Å². The van der Waals surface area contributed by atoms with Crippen molar-refractivity contribution >= 4 is 35.8 Å². The lowest BCUT2D eigenvalue weighted by Gasteiger charge is -2.35. The van der Waals surface area contributed by atoms with Crippen LogP contribution in [0.4, 0.5) is 0 Å². The Hall–Kier alpha value is -1.30. The summed E-state index contributed by atoms with van der Waals surface area (Å²) in [7, 11) is 1.97. The first-order valence-corrected chi connectivity index (χ1v) is 9.80. The number of carbonyl (C=O) groups is 2. The summed E-state index contributed by atoms with van der Waals surface area (Å²) in [5.41, 5.74) is 0.401. The van der Waals surface area contributed by atoms with Crippen LogP contribution in [-0.4, -0.2) is 49.4 Å². The maximum absolute atomic E-state index is 13.0. The molecule has 1 fully saturated rings. The summed E-state index contributed by atoms with van der Waals surface area (Å²) in [5.74, 6) is 0.386. The van der Waals surface area contributed by atoms with Crippen LogP contribution in [0.25, 0.3) is 0 Å². The highest BCUT2D eigenvalue weighted by atomic mass is 35.5. The number of amides is 2. The fourth-order valence-corrected chi connectivity index (χ4v) is 3.59. The molecule has 1 aliphatic rings. The zero-order valence-electron chi connectivity index (χ0n) is 16.3. The summed E-state index contributed by atoms with van der Waals surface area (Å²) in [4.78, 5) is 27.4. The number of likely N-dealkylation sites (tertiary alicyclic amines) is 1. The molecular weight excluding hydrogens is 385 g/mol. The molecule has 2 N–H and O–H groups in total. The highest BCUT2D eigenvalue weighted by molar-refractivity contribution is 6.33. The second kappa shape index (κ2) is 11.5. The summed E-state index contributed by atoms with van der Waals surface area (Å²) < 4.78 is 0. The van der Waals surface area contributed by atoms with Crippen molar-refractivity contribution < 1.29 is 9.59 Å². The molecule has 152 valence electrons. The van der Waals surface area contributed by atoms with Crippen LogP contribution in [0, 0.1) is 11.8 Å². The van der Waals surface area contributed by atoms with Crippen molar-refractivity contribution in [3.8, 4) is 0 Å². The fraction of sp³-hybridized carbons (Fsp3) is 0.600. The molecule has 0 aliphatic carbocycles. The van der Waals surface area contributed by atoms with E-state index in [1.165, 1.54) is 0 Å². The van der Waals surface area contributed by atoms with Gasteiger partial charge in [-0.3, -0.25) is 9.59 Å². The minimum absolute atomic E-state index is 0. The summed E-state index contributed by atoms with van der Waals surface area (Å²) in [6.45, 7) is 6.45. The van der Waals surface area contributed by atoms with Crippen LogP contribution in [0.2, 0.25) is 5.02 Å². The van der Waals surface area contributed by atoms with Gasteiger partial charge in [-0.05, 0) is 56.8 Å². The van der Waals surface area contributed by atoms with Gasteiger partial charge in [0, 0.05) is 13.1 Å². The average Bonchev–Trinajstić information content (AvgIpc) is 2.64. The molecule has 1 heterocycles. The van der Waals surface area contributed by atoms with Gasteiger partial charge in [0.25, 0.3) is 5.91 Å². The number of rotatable bonds is 7. The average molecular weight is 416 g/mol. The molecule has 7 heteroatoms. The Balaban J connectivity index is 0.00000364. The molecule has 1 unspecified atom stereocenters. The second-order valence-electron chi connectivity index (χ2n) is 7.34. The molecule has 0 radical (unpaired) electrons. The minimum atomic E-state index is -0.535. The van der Waals surface area contributed by atoms with E-state index in [-0.39, 0.29) is 30.1 Å². The number of carbonyl (C=O) groups excluding carboxylic acids is 2. The quantitative estimate of drug-likeness (QED) is 0.717. The lowest BCUT2D eigenvalue weighted by atomic mass is 9.92. The van der Waals surface area contributed by atoms with Gasteiger partial charge in [0.1, 0.15) is 6.04 Å². The highest BCUT2D eigenvalue weighted by Crippen LogP contribution is 2.22. The largest absolute Gasteiger partial charge is 0.341 e. The molecule has 5 nitrogen and oxygen atoms in total. The third kappa shape index (κ3) is 6.66. The van der Waals surface area contributed by atoms with E-state index in [1.807, 2.05) is 25.8 Å². The van der Waals surface area contributed by atoms with E-state index < -0.39 is 6.04 Å². The van der Waals surface area contributed by atoms with Gasteiger partial charge in [-0.25, -0.2) is 0 Å². The van der Waals surface area contributed by atoms with Crippen LogP contribution in [0.15, 0.2) is 24.3 Å². The smallest absolute Gasteiger partial charge is 0.253 e. The molecule has 0 aromatic heterocycles. The van der Waals surface area contributed by atoms with Crippen LogP contribution < -0.4 is 10.6 Å². The Kier molecular flexibility index (Phi) is 10.1. The van der Waals surface area contributed by atoms with E-state index in [0.717, 1.165) is 38.9 Å². The number of nitrogens with zero attached hydrogens (tertiary/aromatic N) is 1. The number of benzene rings is 1. The maximum Gasteiger partial charge on any atom is 0.253 e. The van der Waals surface area contributed by atoms with Crippen molar-refractivity contribution in [2.24, 2.45) is 11.8 Å². The summed E-state index contributed by atoms with van der Waals surface area (Å²) in [5, 5.41) is 6.47. The van der Waals surface area contributed by atoms with Gasteiger partial charge in [0.05, 0.1) is 10.6 Å². The molecule has 1 aromatic carbocycles. The van der Waals surface area contributed by atoms with Crippen LogP contribution >= 0.6 is 24.0 Å². The van der Waals surface area contributed by atoms with Crippen molar-refractivity contribution in [2.75, 3.05) is 26.7 Å². The van der Waals surface area contributed by atoms with Crippen LogP contribution in [0.3, 0.4) is 0 Å². The first-order valence-electron chi connectivity index (χ1n) is 9.42. The third-order valence-electron chi connectivity index (χ3n) is 5.07. The van der Waals surface area contributed by atoms with Gasteiger partial charge >= 0.3 is 0 Å². The summed E-state index contributed by atoms with van der Waals surface area (Å²) in [6, 6.07) is 6.36. The zero-order chi connectivity index (χ0) is 19.1. The monoisotopic (exact) mass is 415 g/mol. The molecule has 27 heavy (non-hydrogen) atoms. The predicted molar refractivity (Wildman–Crippen MR) is 113 cm³/mol. The summed E-state index contributed by atoms with van der Waals surface area (Å²) >= 11 is 6.11. The van der Waals surface area contributed by atoms with Gasteiger partial charge in [0.15, 0.2) is 0 Å². The molecule has 0 saturated carbocycles. The van der Waals surface area contributed by atoms with Gasteiger partial charge < -0.3 is 15.5 Å². The van der Waals surface area contributed by atoms with Crippen molar-refractivity contribution in [3.05, 3.63) is 34.9 Å². The number of hydrogen-bond acceptors (Lipinski definition) is 3. The van der Waals surface area contributed by atoms with E-state index in [9.17, 15) is 9.59 Å². The Bertz CT molecular complexity index is 617. The lowest BCUT2D eigenvalue weighted by molar-refractivity contribution is -0.135. The number of piperidine rings is 1. The van der Waals surface area contributed by atoms with Gasteiger partial charge in [-0.2, -0.15) is 0 Å². The standard InChI is InChI=1S/C20H30ClN3O2.ClH/c1-14(2)18(23-19(25)16-6-4-5-7-17(16)21)20(26)24-12-9-15(10-13-24)8-11-22-3;/h4-7,14-15,18,22H,8-13H2,1-3H3,(H,23,25);1H. The Morgan fingerprint density at radius 3 is 2.41 bits per heavy atom. The SMILES string of the molecule is CNCCC1CCN(C(=O)C(NC(=O)c2ccccc2Cl)C(C)C)CC1.Cl. The third-order valence-corrected chi connectivity index (χ3v) is 5.40. The van der Waals surface area contributed by atoms with Crippen molar-refractivity contribution in [1.29, 1.82) is 0 Å². The fourth-order valence-electron chi connectivity index (χ4n) is 3.37. The molecule has 2 amide bonds. The first kappa shape index (κ1) is 23.7. The molecule has 1 aromatic rings. The maximum atomic E-state index is 13.0. The van der Waals surface area contributed by atoms with Crippen LogP contribution in [0.5, 0.6) is 0 Å². The lowest BCUT2D eigenvalue weighted by Crippen LogP contribution is -2.53. The van der Waals surface area contributed by atoms with E-state index in [2.05, 4.69) is 10.6 Å². The van der Waals surface area contributed by atoms with Crippen molar-refractivity contribution in [2.45, 2.75) is 39.2 Å². The summed E-state index contributed by atoms with van der Waals surface area (Å²) in [6.07, 6.45) is 3.20. The number of nitrogens with one attached hydrogen (secondary N) is 2. The van der Waals surface area contributed by atoms with E-state index in [1.54, 1.807) is 24.3 Å². The normalized spacial score (nSPS) is 16.0. The van der Waals surface area contributed by atoms with Gasteiger partial charge in [0.2, 0.25) is 5.91 Å². The van der Waals surface area contributed by atoms with Crippen molar-refractivity contribution in [1.82, 2.24) is 15.5 Å². The Morgan fingerprint density at radius 2 is 1.85 bits per heavy atom. The molecular formula is C20H31Cl2N3O2. The minimum Gasteiger partial charge on any atom is -0.341 e. The number of halogens is 2. The molecule has 1 aliphatic heterocycles. The Morgan fingerprint density at radius 1 is 1.22 bits per heavy atom. The van der Waals surface area contributed by atoms with Crippen molar-refractivity contribution in [3.63, 3.8) is 0 Å².